The first-order valence-corrected chi connectivity index (χ1v) is 7.31. The Morgan fingerprint density at radius 3 is 2.90 bits per heavy atom. The number of amides is 1. The monoisotopic (exact) mass is 297 g/mol. The van der Waals surface area contributed by atoms with Gasteiger partial charge in [0.05, 0.1) is 16.8 Å². The van der Waals surface area contributed by atoms with Crippen LogP contribution in [0.4, 0.5) is 8.78 Å². The Labute approximate surface area is 118 Å². The molecule has 7 heteroatoms. The van der Waals surface area contributed by atoms with E-state index in [-0.39, 0.29) is 22.9 Å². The predicted octanol–water partition coefficient (Wildman–Crippen LogP) is 2.80. The van der Waals surface area contributed by atoms with Gasteiger partial charge in [-0.3, -0.25) is 9.36 Å². The van der Waals surface area contributed by atoms with Gasteiger partial charge in [0.15, 0.2) is 5.16 Å². The molecule has 106 valence electrons. The van der Waals surface area contributed by atoms with E-state index in [2.05, 4.69) is 10.3 Å². The van der Waals surface area contributed by atoms with E-state index in [4.69, 9.17) is 0 Å². The minimum absolute atomic E-state index is 0.104. The number of nitrogens with zero attached hydrogens (tertiary/aromatic N) is 2. The molecule has 2 aromatic rings. The molecule has 1 aromatic heterocycles. The number of carbonyl (C=O) groups excluding carboxylic acids is 1. The maximum absolute atomic E-state index is 13.1. The number of hydrogen-bond acceptors (Lipinski definition) is 3. The third-order valence-electron chi connectivity index (χ3n) is 3.03. The van der Waals surface area contributed by atoms with Gasteiger partial charge in [0.1, 0.15) is 0 Å². The minimum atomic E-state index is -2.67. The van der Waals surface area contributed by atoms with Gasteiger partial charge in [0.25, 0.3) is 0 Å². The fourth-order valence-corrected chi connectivity index (χ4v) is 2.76. The van der Waals surface area contributed by atoms with Crippen molar-refractivity contribution in [1.82, 2.24) is 14.9 Å². The Bertz CT molecular complexity index is 640. The van der Waals surface area contributed by atoms with Gasteiger partial charge in [-0.15, -0.1) is 0 Å². The number of benzene rings is 1. The number of halogens is 2. The number of aromatic nitrogens is 2. The van der Waals surface area contributed by atoms with E-state index in [1.165, 1.54) is 0 Å². The number of alkyl halides is 2. The van der Waals surface area contributed by atoms with Crippen molar-refractivity contribution in [2.75, 3.05) is 5.75 Å². The lowest BCUT2D eigenvalue weighted by molar-refractivity contribution is -0.118. The van der Waals surface area contributed by atoms with Crippen molar-refractivity contribution in [1.29, 1.82) is 0 Å². The highest BCUT2D eigenvalue weighted by atomic mass is 32.2. The fraction of sp³-hybridized carbons (Fsp3) is 0.385. The summed E-state index contributed by atoms with van der Waals surface area (Å²) in [7, 11) is 0. The van der Waals surface area contributed by atoms with Crippen LogP contribution in [-0.2, 0) is 4.79 Å². The third-order valence-corrected chi connectivity index (χ3v) is 3.99. The fourth-order valence-electron chi connectivity index (χ4n) is 1.94. The lowest BCUT2D eigenvalue weighted by atomic mass is 10.3. The molecule has 0 atom stereocenters. The van der Waals surface area contributed by atoms with Crippen LogP contribution in [0.15, 0.2) is 29.4 Å². The summed E-state index contributed by atoms with van der Waals surface area (Å²) in [6.07, 6.45) is 2.01. The summed E-state index contributed by atoms with van der Waals surface area (Å²) < 4.78 is 27.2. The van der Waals surface area contributed by atoms with Crippen LogP contribution < -0.4 is 5.32 Å². The second-order valence-corrected chi connectivity index (χ2v) is 5.60. The van der Waals surface area contributed by atoms with Crippen LogP contribution in [0.3, 0.4) is 0 Å². The zero-order valence-corrected chi connectivity index (χ0v) is 11.4. The standard InChI is InChI=1S/C13H13F2N3OS/c14-12(15)18-10-4-2-1-3-9(10)17-13(18)20-7-11(19)16-8-5-6-8/h1-4,8,12H,5-7H2,(H,16,19). The lowest BCUT2D eigenvalue weighted by Crippen LogP contribution is -2.27. The summed E-state index contributed by atoms with van der Waals surface area (Å²) in [4.78, 5) is 15.8. The molecular formula is C13H13F2N3OS. The molecule has 0 radical (unpaired) electrons. The van der Waals surface area contributed by atoms with Crippen LogP contribution in [-0.4, -0.2) is 27.3 Å². The van der Waals surface area contributed by atoms with Gasteiger partial charge in [-0.2, -0.15) is 8.78 Å². The zero-order valence-electron chi connectivity index (χ0n) is 10.6. The van der Waals surface area contributed by atoms with Gasteiger partial charge in [-0.25, -0.2) is 4.98 Å². The van der Waals surface area contributed by atoms with Crippen molar-refractivity contribution in [2.45, 2.75) is 30.6 Å². The normalized spacial score (nSPS) is 14.9. The van der Waals surface area contributed by atoms with Crippen LogP contribution in [0.5, 0.6) is 0 Å². The number of carbonyl (C=O) groups is 1. The molecule has 1 saturated carbocycles. The van der Waals surface area contributed by atoms with Gasteiger partial charge in [0.2, 0.25) is 5.91 Å². The second kappa shape index (κ2) is 5.40. The summed E-state index contributed by atoms with van der Waals surface area (Å²) in [5, 5.41) is 3.00. The van der Waals surface area contributed by atoms with Crippen LogP contribution in [0, 0.1) is 0 Å². The van der Waals surface area contributed by atoms with Gasteiger partial charge in [0, 0.05) is 6.04 Å². The number of thioether (sulfide) groups is 1. The largest absolute Gasteiger partial charge is 0.353 e. The van der Waals surface area contributed by atoms with E-state index in [0.29, 0.717) is 11.0 Å². The molecule has 1 aromatic carbocycles. The van der Waals surface area contributed by atoms with Gasteiger partial charge in [-0.05, 0) is 25.0 Å². The van der Waals surface area contributed by atoms with E-state index in [1.807, 2.05) is 0 Å². The first-order valence-electron chi connectivity index (χ1n) is 6.32. The van der Waals surface area contributed by atoms with E-state index >= 15 is 0 Å². The second-order valence-electron chi connectivity index (χ2n) is 4.66. The third kappa shape index (κ3) is 2.77. The van der Waals surface area contributed by atoms with Crippen molar-refractivity contribution in [3.05, 3.63) is 24.3 Å². The molecule has 0 saturated heterocycles. The number of para-hydroxylation sites is 2. The highest BCUT2D eigenvalue weighted by molar-refractivity contribution is 7.99. The van der Waals surface area contributed by atoms with E-state index < -0.39 is 6.55 Å². The number of imidazole rings is 1. The maximum atomic E-state index is 13.1. The number of hydrogen-bond donors (Lipinski definition) is 1. The topological polar surface area (TPSA) is 46.9 Å². The van der Waals surface area contributed by atoms with Gasteiger partial charge in [-0.1, -0.05) is 23.9 Å². The molecule has 0 unspecified atom stereocenters. The van der Waals surface area contributed by atoms with Gasteiger partial charge < -0.3 is 5.32 Å². The average Bonchev–Trinajstić information content (AvgIpc) is 3.13. The number of rotatable bonds is 5. The smallest absolute Gasteiger partial charge is 0.321 e. The Morgan fingerprint density at radius 1 is 1.45 bits per heavy atom. The molecule has 1 fully saturated rings. The summed E-state index contributed by atoms with van der Waals surface area (Å²) >= 11 is 1.04. The minimum Gasteiger partial charge on any atom is -0.353 e. The van der Waals surface area contributed by atoms with Crippen molar-refractivity contribution in [3.63, 3.8) is 0 Å². The maximum Gasteiger partial charge on any atom is 0.321 e. The zero-order chi connectivity index (χ0) is 14.1. The molecule has 1 amide bonds. The van der Waals surface area contributed by atoms with Crippen molar-refractivity contribution >= 4 is 28.7 Å². The Balaban J connectivity index is 1.79. The molecular weight excluding hydrogens is 284 g/mol. The quantitative estimate of drug-likeness (QED) is 0.863. The molecule has 1 N–H and O–H groups in total. The number of fused-ring (bicyclic) bond motifs is 1. The molecule has 3 rings (SSSR count). The molecule has 0 spiro atoms. The Morgan fingerprint density at radius 2 is 2.20 bits per heavy atom. The van der Waals surface area contributed by atoms with E-state index in [0.717, 1.165) is 29.2 Å². The first-order chi connectivity index (χ1) is 9.65. The summed E-state index contributed by atoms with van der Waals surface area (Å²) in [6, 6.07) is 7.00. The SMILES string of the molecule is O=C(CSc1nc2ccccc2n1C(F)F)NC1CC1. The predicted molar refractivity (Wildman–Crippen MR) is 72.9 cm³/mol. The first kappa shape index (κ1) is 13.4. The lowest BCUT2D eigenvalue weighted by Gasteiger charge is -2.07. The Hall–Kier alpha value is -1.63. The molecule has 0 bridgehead atoms. The highest BCUT2D eigenvalue weighted by Crippen LogP contribution is 2.29. The van der Waals surface area contributed by atoms with Crippen LogP contribution >= 0.6 is 11.8 Å². The molecule has 1 aliphatic carbocycles. The van der Waals surface area contributed by atoms with E-state index in [9.17, 15) is 13.6 Å². The van der Waals surface area contributed by atoms with Crippen molar-refractivity contribution in [2.24, 2.45) is 0 Å². The molecule has 0 aliphatic heterocycles. The molecule has 1 aliphatic rings. The van der Waals surface area contributed by atoms with Crippen LogP contribution in [0.1, 0.15) is 19.4 Å². The summed E-state index contributed by atoms with van der Waals surface area (Å²) in [5.74, 6) is -0.0302. The van der Waals surface area contributed by atoms with Crippen molar-refractivity contribution < 1.29 is 13.6 Å². The highest BCUT2D eigenvalue weighted by Gasteiger charge is 2.24. The summed E-state index contributed by atoms with van der Waals surface area (Å²) in [5.41, 5.74) is 0.894. The molecule has 1 heterocycles. The number of nitrogens with one attached hydrogen (secondary N) is 1. The molecule has 20 heavy (non-hydrogen) atoms. The van der Waals surface area contributed by atoms with Crippen LogP contribution in [0.25, 0.3) is 11.0 Å². The van der Waals surface area contributed by atoms with Crippen molar-refractivity contribution in [3.8, 4) is 0 Å². The summed E-state index contributed by atoms with van der Waals surface area (Å²) in [6.45, 7) is -2.67. The molecule has 4 nitrogen and oxygen atoms in total. The van der Waals surface area contributed by atoms with E-state index in [1.54, 1.807) is 24.3 Å². The van der Waals surface area contributed by atoms with Crippen LogP contribution in [0.2, 0.25) is 0 Å². The average molecular weight is 297 g/mol. The van der Waals surface area contributed by atoms with Gasteiger partial charge >= 0.3 is 6.55 Å². The Kier molecular flexibility index (Phi) is 3.60.